The summed E-state index contributed by atoms with van der Waals surface area (Å²) in [5.74, 6) is -1.23. The first kappa shape index (κ1) is 19.8. The van der Waals surface area contributed by atoms with Gasteiger partial charge in [-0.05, 0) is 42.5 Å². The zero-order valence-corrected chi connectivity index (χ0v) is 16.0. The molecule has 0 unspecified atom stereocenters. The summed E-state index contributed by atoms with van der Waals surface area (Å²) in [6, 6.07) is 18.6. The Balaban J connectivity index is 1.40. The Bertz CT molecular complexity index is 1190. The first-order chi connectivity index (χ1) is 14.9. The predicted molar refractivity (Wildman–Crippen MR) is 110 cm³/mol. The second-order valence-electron chi connectivity index (χ2n) is 6.64. The molecule has 0 atom stereocenters. The minimum atomic E-state index is -0.622. The van der Waals surface area contributed by atoms with Crippen LogP contribution < -0.4 is 10.1 Å². The van der Waals surface area contributed by atoms with Crippen molar-refractivity contribution in [3.63, 3.8) is 0 Å². The van der Waals surface area contributed by atoms with Crippen LogP contribution in [0.25, 0.3) is 0 Å². The number of anilines is 1. The van der Waals surface area contributed by atoms with Crippen LogP contribution in [0.1, 0.15) is 31.1 Å². The maximum Gasteiger partial charge on any atom is 0.343 e. The van der Waals surface area contributed by atoms with Crippen LogP contribution in [0.4, 0.5) is 11.4 Å². The van der Waals surface area contributed by atoms with Crippen molar-refractivity contribution in [1.82, 2.24) is 4.90 Å². The highest BCUT2D eigenvalue weighted by molar-refractivity contribution is 6.21. The number of amides is 2. The van der Waals surface area contributed by atoms with Crippen molar-refractivity contribution >= 4 is 29.2 Å². The number of nitro groups is 1. The highest BCUT2D eigenvalue weighted by atomic mass is 16.6. The molecule has 1 aliphatic heterocycles. The Morgan fingerprint density at radius 2 is 1.61 bits per heavy atom. The number of carbonyl (C=O) groups is 3. The fourth-order valence-electron chi connectivity index (χ4n) is 3.08. The number of rotatable bonds is 6. The number of hydrogen-bond acceptors (Lipinski definition) is 7. The number of non-ortho nitro benzene ring substituents is 1. The number of hydrogen-bond donors (Lipinski definition) is 1. The molecule has 9 nitrogen and oxygen atoms in total. The van der Waals surface area contributed by atoms with Gasteiger partial charge in [-0.25, -0.2) is 4.79 Å². The first-order valence-corrected chi connectivity index (χ1v) is 9.20. The third-order valence-electron chi connectivity index (χ3n) is 4.68. The summed E-state index contributed by atoms with van der Waals surface area (Å²) in [4.78, 5) is 48.4. The Morgan fingerprint density at radius 1 is 0.935 bits per heavy atom. The molecule has 0 aromatic heterocycles. The summed E-state index contributed by atoms with van der Waals surface area (Å²) in [5.41, 5.74) is 0.769. The first-order valence-electron chi connectivity index (χ1n) is 9.20. The smallest absolute Gasteiger partial charge is 0.343 e. The summed E-state index contributed by atoms with van der Waals surface area (Å²) >= 11 is 0. The average molecular weight is 417 g/mol. The van der Waals surface area contributed by atoms with Crippen molar-refractivity contribution in [2.45, 2.75) is 0 Å². The number of carbonyl (C=O) groups excluding carboxylic acids is 3. The molecule has 0 fully saturated rings. The van der Waals surface area contributed by atoms with Crippen molar-refractivity contribution in [3.05, 3.63) is 99.6 Å². The molecule has 9 heteroatoms. The number of nitrogens with zero attached hydrogens (tertiary/aromatic N) is 2. The van der Waals surface area contributed by atoms with E-state index in [0.29, 0.717) is 17.0 Å². The summed E-state index contributed by atoms with van der Waals surface area (Å²) in [6.07, 6.45) is 0. The largest absolute Gasteiger partial charge is 0.423 e. The lowest BCUT2D eigenvalue weighted by molar-refractivity contribution is -0.384. The molecule has 1 N–H and O–H groups in total. The van der Waals surface area contributed by atoms with Crippen LogP contribution in [-0.2, 0) is 0 Å². The number of fused-ring (bicyclic) bond motifs is 1. The van der Waals surface area contributed by atoms with Crippen LogP contribution >= 0.6 is 0 Å². The summed E-state index contributed by atoms with van der Waals surface area (Å²) in [5, 5.41) is 13.8. The van der Waals surface area contributed by atoms with Crippen molar-refractivity contribution < 1.29 is 24.0 Å². The van der Waals surface area contributed by atoms with E-state index in [1.165, 1.54) is 12.1 Å². The van der Waals surface area contributed by atoms with E-state index in [1.54, 1.807) is 48.5 Å². The molecule has 1 aliphatic rings. The van der Waals surface area contributed by atoms with Gasteiger partial charge in [-0.2, -0.15) is 0 Å². The number of benzene rings is 3. The lowest BCUT2D eigenvalue weighted by atomic mass is 10.1. The minimum Gasteiger partial charge on any atom is -0.423 e. The van der Waals surface area contributed by atoms with E-state index in [-0.39, 0.29) is 23.5 Å². The van der Waals surface area contributed by atoms with Crippen LogP contribution in [0.15, 0.2) is 72.8 Å². The van der Waals surface area contributed by atoms with Gasteiger partial charge in [0.25, 0.3) is 17.5 Å². The second kappa shape index (κ2) is 8.07. The molecule has 154 valence electrons. The van der Waals surface area contributed by atoms with Gasteiger partial charge in [-0.1, -0.05) is 18.2 Å². The van der Waals surface area contributed by atoms with E-state index >= 15 is 0 Å². The van der Waals surface area contributed by atoms with Gasteiger partial charge in [0.05, 0.1) is 28.3 Å². The third-order valence-corrected chi connectivity index (χ3v) is 4.68. The lowest BCUT2D eigenvalue weighted by Gasteiger charge is -2.15. The molecule has 0 bridgehead atoms. The predicted octanol–water partition coefficient (Wildman–Crippen LogP) is 3.48. The molecule has 1 heterocycles. The average Bonchev–Trinajstić information content (AvgIpc) is 3.02. The maximum atomic E-state index is 12.5. The maximum absolute atomic E-state index is 12.5. The molecule has 0 spiro atoms. The van der Waals surface area contributed by atoms with E-state index in [0.717, 1.165) is 11.0 Å². The summed E-state index contributed by atoms with van der Waals surface area (Å²) in [7, 11) is 0. The van der Waals surface area contributed by atoms with E-state index in [4.69, 9.17) is 4.74 Å². The number of para-hydroxylation sites is 1. The van der Waals surface area contributed by atoms with E-state index in [1.807, 2.05) is 6.07 Å². The van der Waals surface area contributed by atoms with Crippen LogP contribution in [0.2, 0.25) is 0 Å². The Hall–Kier alpha value is -4.53. The normalized spacial score (nSPS) is 12.5. The van der Waals surface area contributed by atoms with Gasteiger partial charge in [-0.15, -0.1) is 0 Å². The highest BCUT2D eigenvalue weighted by Crippen LogP contribution is 2.26. The van der Waals surface area contributed by atoms with Crippen LogP contribution in [0, 0.1) is 10.1 Å². The number of ether oxygens (including phenoxy) is 1. The molecule has 0 aliphatic carbocycles. The summed E-state index contributed by atoms with van der Waals surface area (Å²) < 4.78 is 5.27. The van der Waals surface area contributed by atoms with Crippen molar-refractivity contribution in [2.24, 2.45) is 0 Å². The molecule has 0 saturated heterocycles. The molecule has 3 aromatic carbocycles. The van der Waals surface area contributed by atoms with Gasteiger partial charge in [0.15, 0.2) is 0 Å². The second-order valence-corrected chi connectivity index (χ2v) is 6.64. The molecular weight excluding hydrogens is 402 g/mol. The molecule has 0 radical (unpaired) electrons. The monoisotopic (exact) mass is 417 g/mol. The zero-order chi connectivity index (χ0) is 22.0. The van der Waals surface area contributed by atoms with Crippen LogP contribution in [-0.4, -0.2) is 34.3 Å². The van der Waals surface area contributed by atoms with E-state index in [9.17, 15) is 24.5 Å². The number of nitrogens with one attached hydrogen (secondary N) is 1. The fourth-order valence-corrected chi connectivity index (χ4v) is 3.08. The highest BCUT2D eigenvalue weighted by Gasteiger charge is 2.36. The lowest BCUT2D eigenvalue weighted by Crippen LogP contribution is -2.34. The Labute approximate surface area is 176 Å². The number of esters is 1. The fraction of sp³-hybridized carbons (Fsp3) is 0.0455. The Morgan fingerprint density at radius 3 is 2.29 bits per heavy atom. The third kappa shape index (κ3) is 3.97. The quantitative estimate of drug-likeness (QED) is 0.214. The Kier molecular flexibility index (Phi) is 5.15. The number of imide groups is 1. The molecule has 31 heavy (non-hydrogen) atoms. The van der Waals surface area contributed by atoms with Gasteiger partial charge in [-0.3, -0.25) is 24.6 Å². The minimum absolute atomic E-state index is 0.00000496. The number of nitro benzene ring substituents is 1. The van der Waals surface area contributed by atoms with Crippen LogP contribution in [0.3, 0.4) is 0 Å². The van der Waals surface area contributed by atoms with Gasteiger partial charge in [0, 0.05) is 17.8 Å². The van der Waals surface area contributed by atoms with Gasteiger partial charge in [0.2, 0.25) is 0 Å². The SMILES string of the molecule is O=C(Oc1ccccc1)c1ccc(NCN2C(=O)c3ccc([N+](=O)[O-])cc3C2=O)cc1. The van der Waals surface area contributed by atoms with Crippen molar-refractivity contribution in [2.75, 3.05) is 12.0 Å². The molecule has 4 rings (SSSR count). The van der Waals surface area contributed by atoms with Crippen LogP contribution in [0.5, 0.6) is 5.75 Å². The van der Waals surface area contributed by atoms with Crippen molar-refractivity contribution in [3.8, 4) is 5.75 Å². The molecule has 2 amide bonds. The molecule has 3 aromatic rings. The summed E-state index contributed by atoms with van der Waals surface area (Å²) in [6.45, 7) is -0.131. The van der Waals surface area contributed by atoms with Gasteiger partial charge < -0.3 is 10.1 Å². The van der Waals surface area contributed by atoms with Gasteiger partial charge >= 0.3 is 5.97 Å². The molecular formula is C22H15N3O6. The molecule has 0 saturated carbocycles. The zero-order valence-electron chi connectivity index (χ0n) is 16.0. The van der Waals surface area contributed by atoms with Gasteiger partial charge in [0.1, 0.15) is 5.75 Å². The van der Waals surface area contributed by atoms with Crippen molar-refractivity contribution in [1.29, 1.82) is 0 Å². The van der Waals surface area contributed by atoms with E-state index < -0.39 is 22.7 Å². The standard InChI is InChI=1S/C22H15N3O6/c26-20-18-11-10-16(25(29)30)12-19(18)21(27)24(20)13-23-15-8-6-14(7-9-15)22(28)31-17-4-2-1-3-5-17/h1-12,23H,13H2. The van der Waals surface area contributed by atoms with E-state index in [2.05, 4.69) is 5.32 Å². The topological polar surface area (TPSA) is 119 Å².